The molecular weight excluding hydrogens is 380 g/mol. The lowest BCUT2D eigenvalue weighted by Gasteiger charge is -2.23. The molecule has 1 saturated heterocycles. The maximum absolute atomic E-state index is 12.2. The minimum absolute atomic E-state index is 0.0609. The lowest BCUT2D eigenvalue weighted by Crippen LogP contribution is -2.57. The van der Waals surface area contributed by atoms with Crippen LogP contribution in [0.1, 0.15) is 44.7 Å². The highest BCUT2D eigenvalue weighted by molar-refractivity contribution is 6.02. The SMILES string of the molecule is CCC(C)(C)c1ccc(Nc2ccc(CNC(=O)C3CC(=O)NC(=O)N3)cc2)cc1. The number of rotatable bonds is 7. The lowest BCUT2D eigenvalue weighted by molar-refractivity contribution is -0.128. The van der Waals surface area contributed by atoms with Crippen LogP contribution in [0.4, 0.5) is 16.2 Å². The van der Waals surface area contributed by atoms with Crippen LogP contribution in [0.25, 0.3) is 0 Å². The van der Waals surface area contributed by atoms with Crippen molar-refractivity contribution < 1.29 is 14.4 Å². The van der Waals surface area contributed by atoms with Crippen LogP contribution in [0, 0.1) is 0 Å². The van der Waals surface area contributed by atoms with E-state index in [-0.39, 0.29) is 17.7 Å². The molecule has 1 aliphatic rings. The Hall–Kier alpha value is -3.35. The highest BCUT2D eigenvalue weighted by Gasteiger charge is 2.29. The molecule has 2 aromatic carbocycles. The van der Waals surface area contributed by atoms with E-state index in [9.17, 15) is 14.4 Å². The molecule has 0 spiro atoms. The summed E-state index contributed by atoms with van der Waals surface area (Å²) in [5.41, 5.74) is 4.35. The maximum atomic E-state index is 12.2. The first kappa shape index (κ1) is 21.4. The highest BCUT2D eigenvalue weighted by Crippen LogP contribution is 2.28. The summed E-state index contributed by atoms with van der Waals surface area (Å²) in [5, 5.41) is 10.7. The van der Waals surface area contributed by atoms with E-state index in [0.717, 1.165) is 23.4 Å². The van der Waals surface area contributed by atoms with Crippen molar-refractivity contribution in [2.45, 2.75) is 51.6 Å². The summed E-state index contributed by atoms with van der Waals surface area (Å²) in [6, 6.07) is 14.7. The van der Waals surface area contributed by atoms with Crippen molar-refractivity contribution in [3.63, 3.8) is 0 Å². The summed E-state index contributed by atoms with van der Waals surface area (Å²) in [6.07, 6.45) is 1.02. The van der Waals surface area contributed by atoms with Crippen LogP contribution in [0.3, 0.4) is 0 Å². The fourth-order valence-electron chi connectivity index (χ4n) is 3.16. The molecule has 1 fully saturated rings. The molecule has 0 bridgehead atoms. The van der Waals surface area contributed by atoms with Gasteiger partial charge in [-0.1, -0.05) is 45.0 Å². The number of hydrogen-bond donors (Lipinski definition) is 4. The van der Waals surface area contributed by atoms with Crippen LogP contribution in [-0.2, 0) is 21.5 Å². The summed E-state index contributed by atoms with van der Waals surface area (Å²) in [4.78, 5) is 34.8. The average Bonchev–Trinajstić information content (AvgIpc) is 2.72. The van der Waals surface area contributed by atoms with E-state index in [1.807, 2.05) is 24.3 Å². The van der Waals surface area contributed by atoms with E-state index in [2.05, 4.69) is 66.3 Å². The first-order chi connectivity index (χ1) is 14.3. The van der Waals surface area contributed by atoms with Gasteiger partial charge in [0.05, 0.1) is 6.42 Å². The second-order valence-electron chi connectivity index (χ2n) is 8.13. The van der Waals surface area contributed by atoms with Crippen LogP contribution in [-0.4, -0.2) is 23.9 Å². The molecule has 0 aliphatic carbocycles. The molecule has 30 heavy (non-hydrogen) atoms. The van der Waals surface area contributed by atoms with Crippen LogP contribution in [0.2, 0.25) is 0 Å². The van der Waals surface area contributed by atoms with Gasteiger partial charge in [-0.3, -0.25) is 14.9 Å². The van der Waals surface area contributed by atoms with Crippen LogP contribution in [0.15, 0.2) is 48.5 Å². The van der Waals surface area contributed by atoms with E-state index in [1.54, 1.807) is 0 Å². The van der Waals surface area contributed by atoms with Crippen molar-refractivity contribution in [1.29, 1.82) is 0 Å². The Labute approximate surface area is 176 Å². The highest BCUT2D eigenvalue weighted by atomic mass is 16.2. The predicted octanol–water partition coefficient (Wildman–Crippen LogP) is 3.33. The molecule has 1 heterocycles. The zero-order chi connectivity index (χ0) is 21.7. The van der Waals surface area contributed by atoms with Gasteiger partial charge in [-0.25, -0.2) is 4.79 Å². The van der Waals surface area contributed by atoms with E-state index in [0.29, 0.717) is 6.54 Å². The quantitative estimate of drug-likeness (QED) is 0.565. The minimum atomic E-state index is -0.840. The molecule has 3 rings (SSSR count). The Balaban J connectivity index is 1.53. The molecule has 7 nitrogen and oxygen atoms in total. The zero-order valence-electron chi connectivity index (χ0n) is 17.5. The van der Waals surface area contributed by atoms with Crippen molar-refractivity contribution in [2.75, 3.05) is 5.32 Å². The van der Waals surface area contributed by atoms with Crippen LogP contribution >= 0.6 is 0 Å². The molecule has 0 radical (unpaired) electrons. The molecule has 1 unspecified atom stereocenters. The number of imide groups is 1. The number of amides is 4. The molecule has 1 atom stereocenters. The smallest absolute Gasteiger partial charge is 0.322 e. The summed E-state index contributed by atoms with van der Waals surface area (Å²) in [7, 11) is 0. The molecule has 0 saturated carbocycles. The average molecular weight is 409 g/mol. The number of benzene rings is 2. The first-order valence-corrected chi connectivity index (χ1v) is 10.1. The lowest BCUT2D eigenvalue weighted by atomic mass is 9.82. The summed E-state index contributed by atoms with van der Waals surface area (Å²) >= 11 is 0. The molecule has 7 heteroatoms. The zero-order valence-corrected chi connectivity index (χ0v) is 17.5. The second kappa shape index (κ2) is 8.98. The standard InChI is InChI=1S/C23H28N4O3/c1-4-23(2,3)16-7-11-18(12-8-16)25-17-9-5-15(6-10-17)14-24-21(29)19-13-20(28)27-22(30)26-19/h5-12,19,25H,4,13-14H2,1-3H3,(H,24,29)(H2,26,27,28,30). The van der Waals surface area contributed by atoms with Gasteiger partial charge in [0, 0.05) is 17.9 Å². The van der Waals surface area contributed by atoms with Gasteiger partial charge in [-0.15, -0.1) is 0 Å². The Bertz CT molecular complexity index is 904. The topological polar surface area (TPSA) is 99.3 Å². The van der Waals surface area contributed by atoms with Gasteiger partial charge in [-0.05, 0) is 47.2 Å². The number of anilines is 2. The van der Waals surface area contributed by atoms with Crippen LogP contribution in [0.5, 0.6) is 0 Å². The van der Waals surface area contributed by atoms with E-state index < -0.39 is 18.0 Å². The third kappa shape index (κ3) is 5.37. The van der Waals surface area contributed by atoms with Gasteiger partial charge in [0.2, 0.25) is 11.8 Å². The molecular formula is C23H28N4O3. The summed E-state index contributed by atoms with van der Waals surface area (Å²) in [5.74, 6) is -0.837. The van der Waals surface area contributed by atoms with Gasteiger partial charge in [0.1, 0.15) is 6.04 Å². The largest absolute Gasteiger partial charge is 0.356 e. The third-order valence-corrected chi connectivity index (χ3v) is 5.52. The van der Waals surface area contributed by atoms with Crippen molar-refractivity contribution in [3.8, 4) is 0 Å². The Morgan fingerprint density at radius 2 is 1.63 bits per heavy atom. The molecule has 4 N–H and O–H groups in total. The van der Waals surface area contributed by atoms with Crippen molar-refractivity contribution in [3.05, 3.63) is 59.7 Å². The van der Waals surface area contributed by atoms with Gasteiger partial charge in [-0.2, -0.15) is 0 Å². The third-order valence-electron chi connectivity index (χ3n) is 5.52. The van der Waals surface area contributed by atoms with Crippen molar-refractivity contribution in [1.82, 2.24) is 16.0 Å². The van der Waals surface area contributed by atoms with Crippen molar-refractivity contribution >= 4 is 29.2 Å². The number of hydrogen-bond acceptors (Lipinski definition) is 4. The minimum Gasteiger partial charge on any atom is -0.356 e. The number of nitrogens with one attached hydrogen (secondary N) is 4. The molecule has 0 aromatic heterocycles. The number of carbonyl (C=O) groups excluding carboxylic acids is 3. The molecule has 158 valence electrons. The Morgan fingerprint density at radius 3 is 2.20 bits per heavy atom. The number of urea groups is 1. The van der Waals surface area contributed by atoms with Gasteiger partial charge < -0.3 is 16.0 Å². The fraction of sp³-hybridized carbons (Fsp3) is 0.348. The second-order valence-corrected chi connectivity index (χ2v) is 8.13. The Kier molecular flexibility index (Phi) is 6.40. The monoisotopic (exact) mass is 408 g/mol. The first-order valence-electron chi connectivity index (χ1n) is 10.1. The van der Waals surface area contributed by atoms with Gasteiger partial charge >= 0.3 is 6.03 Å². The predicted molar refractivity (Wildman–Crippen MR) is 116 cm³/mol. The number of carbonyl (C=O) groups is 3. The van der Waals surface area contributed by atoms with Gasteiger partial charge in [0.25, 0.3) is 0 Å². The fourth-order valence-corrected chi connectivity index (χ4v) is 3.16. The summed E-state index contributed by atoms with van der Waals surface area (Å²) in [6.45, 7) is 6.99. The maximum Gasteiger partial charge on any atom is 0.322 e. The van der Waals surface area contributed by atoms with Crippen molar-refractivity contribution in [2.24, 2.45) is 0 Å². The van der Waals surface area contributed by atoms with E-state index in [1.165, 1.54) is 5.56 Å². The van der Waals surface area contributed by atoms with E-state index in [4.69, 9.17) is 0 Å². The van der Waals surface area contributed by atoms with Crippen LogP contribution < -0.4 is 21.3 Å². The molecule has 1 aliphatic heterocycles. The normalized spacial score (nSPS) is 16.4. The summed E-state index contributed by atoms with van der Waals surface area (Å²) < 4.78 is 0. The van der Waals surface area contributed by atoms with Gasteiger partial charge in [0.15, 0.2) is 0 Å². The van der Waals surface area contributed by atoms with E-state index >= 15 is 0 Å². The molecule has 2 aromatic rings. The molecule has 4 amide bonds. The Morgan fingerprint density at radius 1 is 1.03 bits per heavy atom.